The standard InChI is InChI=1S/C7H10F4S2/c1-2-3-4-13-6(12)7(10,11)5(8)9/h5H,2-4H2,1H3. The van der Waals surface area contributed by atoms with Crippen molar-refractivity contribution in [3.63, 3.8) is 0 Å². The maximum Gasteiger partial charge on any atom is 0.348 e. The highest BCUT2D eigenvalue weighted by Gasteiger charge is 2.45. The van der Waals surface area contributed by atoms with Crippen molar-refractivity contribution in [2.75, 3.05) is 5.75 Å². The van der Waals surface area contributed by atoms with Crippen LogP contribution in [0.15, 0.2) is 0 Å². The van der Waals surface area contributed by atoms with E-state index in [1.807, 2.05) is 6.92 Å². The Morgan fingerprint density at radius 1 is 1.46 bits per heavy atom. The van der Waals surface area contributed by atoms with Crippen LogP contribution in [-0.2, 0) is 0 Å². The van der Waals surface area contributed by atoms with Gasteiger partial charge in [-0.15, -0.1) is 11.8 Å². The lowest BCUT2D eigenvalue weighted by Crippen LogP contribution is -2.33. The van der Waals surface area contributed by atoms with Gasteiger partial charge in [0.25, 0.3) is 0 Å². The minimum Gasteiger partial charge on any atom is -0.203 e. The molecule has 0 rings (SSSR count). The van der Waals surface area contributed by atoms with E-state index in [0.29, 0.717) is 23.9 Å². The van der Waals surface area contributed by atoms with Gasteiger partial charge in [0.05, 0.1) is 0 Å². The molecule has 0 saturated heterocycles. The molecular weight excluding hydrogens is 224 g/mol. The molecule has 0 aliphatic rings. The summed E-state index contributed by atoms with van der Waals surface area (Å²) in [5, 5.41) is 0. The fourth-order valence-corrected chi connectivity index (χ4v) is 1.73. The van der Waals surface area contributed by atoms with Gasteiger partial charge < -0.3 is 0 Å². The largest absolute Gasteiger partial charge is 0.348 e. The van der Waals surface area contributed by atoms with Crippen molar-refractivity contribution in [1.82, 2.24) is 0 Å². The summed E-state index contributed by atoms with van der Waals surface area (Å²) in [5.41, 5.74) is 0. The quantitative estimate of drug-likeness (QED) is 0.403. The van der Waals surface area contributed by atoms with Gasteiger partial charge in [-0.25, -0.2) is 8.78 Å². The highest BCUT2D eigenvalue weighted by molar-refractivity contribution is 8.23. The number of thioether (sulfide) groups is 1. The van der Waals surface area contributed by atoms with Crippen molar-refractivity contribution in [3.8, 4) is 0 Å². The molecule has 0 amide bonds. The summed E-state index contributed by atoms with van der Waals surface area (Å²) in [7, 11) is 0. The highest BCUT2D eigenvalue weighted by Crippen LogP contribution is 2.30. The molecule has 0 fully saturated rings. The normalized spacial score (nSPS) is 12.2. The molecule has 0 radical (unpaired) electrons. The topological polar surface area (TPSA) is 0 Å². The molecule has 13 heavy (non-hydrogen) atoms. The number of unbranched alkanes of at least 4 members (excludes halogenated alkanes) is 1. The zero-order chi connectivity index (χ0) is 10.5. The predicted octanol–water partition coefficient (Wildman–Crippen LogP) is 3.75. The first-order valence-corrected chi connectivity index (χ1v) is 5.15. The maximum atomic E-state index is 12.5. The van der Waals surface area contributed by atoms with Crippen molar-refractivity contribution in [2.24, 2.45) is 0 Å². The van der Waals surface area contributed by atoms with Gasteiger partial charge >= 0.3 is 12.3 Å². The van der Waals surface area contributed by atoms with E-state index in [2.05, 4.69) is 12.2 Å². The molecule has 0 saturated carbocycles. The van der Waals surface area contributed by atoms with Crippen molar-refractivity contribution in [1.29, 1.82) is 0 Å². The number of halogens is 4. The molecule has 78 valence electrons. The summed E-state index contributed by atoms with van der Waals surface area (Å²) in [4.78, 5) is 0. The Labute approximate surface area is 84.1 Å². The lowest BCUT2D eigenvalue weighted by Gasteiger charge is -2.15. The summed E-state index contributed by atoms with van der Waals surface area (Å²) >= 11 is 4.85. The Morgan fingerprint density at radius 3 is 2.38 bits per heavy atom. The molecule has 0 aliphatic heterocycles. The second-order valence-electron chi connectivity index (χ2n) is 2.41. The van der Waals surface area contributed by atoms with E-state index in [-0.39, 0.29) is 0 Å². The van der Waals surface area contributed by atoms with Crippen molar-refractivity contribution in [2.45, 2.75) is 32.1 Å². The average Bonchev–Trinajstić information content (AvgIpc) is 2.04. The van der Waals surface area contributed by atoms with Gasteiger partial charge in [-0.1, -0.05) is 25.6 Å². The monoisotopic (exact) mass is 234 g/mol. The van der Waals surface area contributed by atoms with Crippen LogP contribution in [0, 0.1) is 0 Å². The molecule has 0 bridgehead atoms. The number of thiocarbonyl (C=S) groups is 1. The molecule has 0 aromatic rings. The Hall–Kier alpha value is 0.160. The molecule has 0 N–H and O–H groups in total. The van der Waals surface area contributed by atoms with Crippen LogP contribution in [0.25, 0.3) is 0 Å². The van der Waals surface area contributed by atoms with Gasteiger partial charge in [0, 0.05) is 0 Å². The number of hydrogen-bond donors (Lipinski definition) is 0. The van der Waals surface area contributed by atoms with Crippen molar-refractivity contribution < 1.29 is 17.6 Å². The molecule has 0 aliphatic carbocycles. The molecule has 0 nitrogen and oxygen atoms in total. The summed E-state index contributed by atoms with van der Waals surface area (Å²) in [5.74, 6) is -3.76. The molecule has 0 heterocycles. The highest BCUT2D eigenvalue weighted by atomic mass is 32.2. The van der Waals surface area contributed by atoms with Gasteiger partial charge in [-0.05, 0) is 12.2 Å². The van der Waals surface area contributed by atoms with E-state index in [1.54, 1.807) is 0 Å². The zero-order valence-electron chi connectivity index (χ0n) is 7.03. The van der Waals surface area contributed by atoms with Gasteiger partial charge in [-0.3, -0.25) is 0 Å². The van der Waals surface area contributed by atoms with Crippen LogP contribution in [0.4, 0.5) is 17.6 Å². The second-order valence-corrected chi connectivity index (χ2v) is 4.18. The van der Waals surface area contributed by atoms with E-state index in [9.17, 15) is 17.6 Å². The first kappa shape index (κ1) is 13.2. The molecule has 0 spiro atoms. The van der Waals surface area contributed by atoms with E-state index < -0.39 is 16.5 Å². The Kier molecular flexibility index (Phi) is 5.87. The smallest absolute Gasteiger partial charge is 0.203 e. The Bertz CT molecular complexity index is 170. The van der Waals surface area contributed by atoms with Crippen LogP contribution in [0.5, 0.6) is 0 Å². The van der Waals surface area contributed by atoms with Crippen LogP contribution >= 0.6 is 24.0 Å². The summed E-state index contributed by atoms with van der Waals surface area (Å²) in [6.07, 6.45) is -2.17. The second kappa shape index (κ2) is 5.80. The average molecular weight is 234 g/mol. The number of hydrogen-bond acceptors (Lipinski definition) is 2. The first-order chi connectivity index (χ1) is 5.92. The third kappa shape index (κ3) is 4.26. The van der Waals surface area contributed by atoms with Gasteiger partial charge in [0.2, 0.25) is 0 Å². The van der Waals surface area contributed by atoms with Crippen LogP contribution in [0.1, 0.15) is 19.8 Å². The van der Waals surface area contributed by atoms with Crippen LogP contribution in [0.3, 0.4) is 0 Å². The van der Waals surface area contributed by atoms with E-state index >= 15 is 0 Å². The molecule has 0 atom stereocenters. The van der Waals surface area contributed by atoms with Crippen molar-refractivity contribution in [3.05, 3.63) is 0 Å². The van der Waals surface area contributed by atoms with Crippen LogP contribution < -0.4 is 0 Å². The van der Waals surface area contributed by atoms with Crippen LogP contribution in [-0.4, -0.2) is 22.3 Å². The van der Waals surface area contributed by atoms with E-state index in [0.717, 1.165) is 6.42 Å². The molecular formula is C7H10F4S2. The lowest BCUT2D eigenvalue weighted by molar-refractivity contribution is -0.0710. The SMILES string of the molecule is CCCCSC(=S)C(F)(F)C(F)F. The van der Waals surface area contributed by atoms with E-state index in [1.165, 1.54) is 0 Å². The lowest BCUT2D eigenvalue weighted by atomic mass is 10.4. The first-order valence-electron chi connectivity index (χ1n) is 3.76. The maximum absolute atomic E-state index is 12.5. The van der Waals surface area contributed by atoms with Crippen LogP contribution in [0.2, 0.25) is 0 Å². The third-order valence-corrected chi connectivity index (χ3v) is 2.93. The van der Waals surface area contributed by atoms with Gasteiger partial charge in [0.1, 0.15) is 4.20 Å². The van der Waals surface area contributed by atoms with Gasteiger partial charge in [0.15, 0.2) is 0 Å². The minimum absolute atomic E-state index is 0.373. The van der Waals surface area contributed by atoms with Crippen molar-refractivity contribution >= 4 is 28.2 Å². The molecule has 0 aromatic heterocycles. The fourth-order valence-electron chi connectivity index (χ4n) is 0.495. The zero-order valence-corrected chi connectivity index (χ0v) is 8.66. The fraction of sp³-hybridized carbons (Fsp3) is 0.857. The summed E-state index contributed by atoms with van der Waals surface area (Å²) in [6.45, 7) is 1.88. The molecule has 0 unspecified atom stereocenters. The summed E-state index contributed by atoms with van der Waals surface area (Å²) in [6, 6.07) is 0. The number of rotatable bonds is 5. The minimum atomic E-state index is -4.13. The summed E-state index contributed by atoms with van der Waals surface area (Å²) < 4.78 is 47.4. The third-order valence-electron chi connectivity index (χ3n) is 1.28. The predicted molar refractivity (Wildman–Crippen MR) is 50.9 cm³/mol. The van der Waals surface area contributed by atoms with Gasteiger partial charge in [-0.2, -0.15) is 8.78 Å². The number of alkyl halides is 4. The Morgan fingerprint density at radius 2 is 2.00 bits per heavy atom. The van der Waals surface area contributed by atoms with E-state index in [4.69, 9.17) is 0 Å². The molecule has 6 heteroatoms. The Balaban J connectivity index is 3.95. The molecule has 0 aromatic carbocycles.